The van der Waals surface area contributed by atoms with Gasteiger partial charge >= 0.3 is 11.9 Å². The van der Waals surface area contributed by atoms with Gasteiger partial charge in [0.1, 0.15) is 0 Å². The monoisotopic (exact) mass is 280 g/mol. The van der Waals surface area contributed by atoms with Gasteiger partial charge in [-0.2, -0.15) is 0 Å². The fourth-order valence-corrected chi connectivity index (χ4v) is 1.35. The van der Waals surface area contributed by atoms with E-state index >= 15 is 0 Å². The lowest BCUT2D eigenvalue weighted by Crippen LogP contribution is -2.47. The van der Waals surface area contributed by atoms with Gasteiger partial charge < -0.3 is 20.8 Å². The molecule has 0 saturated carbocycles. The summed E-state index contributed by atoms with van der Waals surface area (Å²) in [6, 6.07) is 3.44. The first kappa shape index (κ1) is 15.6. The molecule has 4 N–H and O–H groups in total. The molecule has 0 atom stereocenters. The minimum atomic E-state index is -1.27. The number of likely N-dealkylation sites (N-methyl/N-ethyl adjacent to an activating group) is 1. The van der Waals surface area contributed by atoms with Crippen LogP contribution in [0.2, 0.25) is 0 Å². The van der Waals surface area contributed by atoms with E-state index in [1.165, 1.54) is 12.1 Å². The molecule has 0 fully saturated rings. The maximum absolute atomic E-state index is 12.0. The molecule has 0 unspecified atom stereocenters. The molecule has 108 valence electrons. The summed E-state index contributed by atoms with van der Waals surface area (Å²) < 4.78 is 0. The molecule has 1 rings (SSSR count). The molecule has 20 heavy (non-hydrogen) atoms. The highest BCUT2D eigenvalue weighted by Gasteiger charge is 2.25. The topological polar surface area (TPSA) is 116 Å². The van der Waals surface area contributed by atoms with Crippen molar-refractivity contribution >= 4 is 23.5 Å². The predicted octanol–water partition coefficient (Wildman–Crippen LogP) is 1.02. The second-order valence-corrected chi connectivity index (χ2v) is 4.74. The molecular weight excluding hydrogens is 264 g/mol. The van der Waals surface area contributed by atoms with Crippen LogP contribution in [0.5, 0.6) is 0 Å². The lowest BCUT2D eigenvalue weighted by atomic mass is 10.0. The van der Waals surface area contributed by atoms with E-state index in [1.807, 2.05) is 0 Å². The van der Waals surface area contributed by atoms with Gasteiger partial charge in [0, 0.05) is 5.69 Å². The summed E-state index contributed by atoms with van der Waals surface area (Å²) in [4.78, 5) is 33.9. The van der Waals surface area contributed by atoms with Crippen LogP contribution in [0.15, 0.2) is 18.2 Å². The Morgan fingerprint density at radius 3 is 1.80 bits per heavy atom. The standard InChI is InChI=1S/C13H16N2O5/c1-13(2,14-3)12(20)15-9-5-7(10(16)17)4-8(6-9)11(18)19/h4-6,14H,1-3H3,(H,15,20)(H,16,17)(H,18,19). The molecular formula is C13H16N2O5. The second-order valence-electron chi connectivity index (χ2n) is 4.74. The average Bonchev–Trinajstić information content (AvgIpc) is 2.38. The molecule has 7 nitrogen and oxygen atoms in total. The van der Waals surface area contributed by atoms with Crippen molar-refractivity contribution in [3.8, 4) is 0 Å². The van der Waals surface area contributed by atoms with E-state index in [-0.39, 0.29) is 16.8 Å². The van der Waals surface area contributed by atoms with Crippen LogP contribution >= 0.6 is 0 Å². The fraction of sp³-hybridized carbons (Fsp3) is 0.308. The number of nitrogens with one attached hydrogen (secondary N) is 2. The van der Waals surface area contributed by atoms with E-state index in [1.54, 1.807) is 20.9 Å². The Bertz CT molecular complexity index is 534. The van der Waals surface area contributed by atoms with Crippen molar-refractivity contribution < 1.29 is 24.6 Å². The summed E-state index contributed by atoms with van der Waals surface area (Å²) in [6.45, 7) is 3.28. The van der Waals surface area contributed by atoms with Crippen LogP contribution in [-0.4, -0.2) is 40.6 Å². The van der Waals surface area contributed by atoms with Crippen molar-refractivity contribution in [3.63, 3.8) is 0 Å². The van der Waals surface area contributed by atoms with Gasteiger partial charge in [0.15, 0.2) is 0 Å². The van der Waals surface area contributed by atoms with Crippen molar-refractivity contribution in [1.82, 2.24) is 5.32 Å². The van der Waals surface area contributed by atoms with E-state index in [9.17, 15) is 14.4 Å². The van der Waals surface area contributed by atoms with Crippen molar-refractivity contribution in [3.05, 3.63) is 29.3 Å². The molecule has 1 amide bonds. The van der Waals surface area contributed by atoms with Gasteiger partial charge in [-0.05, 0) is 39.1 Å². The molecule has 0 aliphatic rings. The Morgan fingerprint density at radius 2 is 1.45 bits per heavy atom. The first-order valence-corrected chi connectivity index (χ1v) is 5.79. The molecule has 0 radical (unpaired) electrons. The summed E-state index contributed by atoms with van der Waals surface area (Å²) in [6.07, 6.45) is 0. The maximum Gasteiger partial charge on any atom is 0.335 e. The number of amides is 1. The van der Waals surface area contributed by atoms with E-state index in [0.717, 1.165) is 6.07 Å². The number of benzene rings is 1. The zero-order chi connectivity index (χ0) is 15.5. The lowest BCUT2D eigenvalue weighted by Gasteiger charge is -2.22. The summed E-state index contributed by atoms with van der Waals surface area (Å²) >= 11 is 0. The maximum atomic E-state index is 12.0. The van der Waals surface area contributed by atoms with Gasteiger partial charge in [0.05, 0.1) is 16.7 Å². The van der Waals surface area contributed by atoms with E-state index in [4.69, 9.17) is 10.2 Å². The predicted molar refractivity (Wildman–Crippen MR) is 72.1 cm³/mol. The second kappa shape index (κ2) is 5.70. The summed E-state index contributed by atoms with van der Waals surface area (Å²) in [7, 11) is 1.61. The molecule has 0 saturated heterocycles. The van der Waals surface area contributed by atoms with E-state index in [2.05, 4.69) is 10.6 Å². The third-order valence-electron chi connectivity index (χ3n) is 2.88. The minimum absolute atomic E-state index is 0.121. The number of carbonyl (C=O) groups is 3. The highest BCUT2D eigenvalue weighted by Crippen LogP contribution is 2.17. The zero-order valence-corrected chi connectivity index (χ0v) is 11.4. The van der Waals surface area contributed by atoms with Crippen LogP contribution in [0.1, 0.15) is 34.6 Å². The number of aromatic carboxylic acids is 2. The molecule has 0 spiro atoms. The molecule has 0 aliphatic heterocycles. The summed E-state index contributed by atoms with van der Waals surface area (Å²) in [5.74, 6) is -2.94. The average molecular weight is 280 g/mol. The van der Waals surface area contributed by atoms with Gasteiger partial charge in [0.2, 0.25) is 5.91 Å². The quantitative estimate of drug-likeness (QED) is 0.640. The number of anilines is 1. The van der Waals surface area contributed by atoms with E-state index in [0.29, 0.717) is 0 Å². The summed E-state index contributed by atoms with van der Waals surface area (Å²) in [5.41, 5.74) is -1.16. The van der Waals surface area contributed by atoms with Crippen LogP contribution in [0.4, 0.5) is 5.69 Å². The molecule has 0 aliphatic carbocycles. The highest BCUT2D eigenvalue weighted by molar-refractivity contribution is 6.01. The Hall–Kier alpha value is -2.41. The number of rotatable bonds is 5. The van der Waals surface area contributed by atoms with Crippen molar-refractivity contribution in [1.29, 1.82) is 0 Å². The number of carboxylic acids is 2. The number of carbonyl (C=O) groups excluding carboxylic acids is 1. The van der Waals surface area contributed by atoms with Crippen LogP contribution in [-0.2, 0) is 4.79 Å². The Labute approximate surface area is 115 Å². The number of carboxylic acid groups (broad SMARTS) is 2. The number of hydrogen-bond acceptors (Lipinski definition) is 4. The Kier molecular flexibility index (Phi) is 4.46. The Balaban J connectivity index is 3.15. The molecule has 1 aromatic rings. The van der Waals surface area contributed by atoms with Crippen LogP contribution < -0.4 is 10.6 Å². The van der Waals surface area contributed by atoms with Crippen LogP contribution in [0.3, 0.4) is 0 Å². The third-order valence-corrected chi connectivity index (χ3v) is 2.88. The van der Waals surface area contributed by atoms with E-state index < -0.39 is 23.4 Å². The van der Waals surface area contributed by atoms with Crippen molar-refractivity contribution in [2.45, 2.75) is 19.4 Å². The Morgan fingerprint density at radius 1 is 1.00 bits per heavy atom. The lowest BCUT2D eigenvalue weighted by molar-refractivity contribution is -0.121. The van der Waals surface area contributed by atoms with Gasteiger partial charge in [-0.1, -0.05) is 0 Å². The SMILES string of the molecule is CNC(C)(C)C(=O)Nc1cc(C(=O)O)cc(C(=O)O)c1. The van der Waals surface area contributed by atoms with Gasteiger partial charge in [0.25, 0.3) is 0 Å². The molecule has 0 heterocycles. The van der Waals surface area contributed by atoms with Gasteiger partial charge in [-0.3, -0.25) is 4.79 Å². The number of hydrogen-bond donors (Lipinski definition) is 4. The molecule has 0 bridgehead atoms. The van der Waals surface area contributed by atoms with Gasteiger partial charge in [-0.15, -0.1) is 0 Å². The summed E-state index contributed by atoms with van der Waals surface area (Å²) in [5, 5.41) is 23.2. The van der Waals surface area contributed by atoms with Crippen molar-refractivity contribution in [2.75, 3.05) is 12.4 Å². The highest BCUT2D eigenvalue weighted by atomic mass is 16.4. The van der Waals surface area contributed by atoms with Crippen molar-refractivity contribution in [2.24, 2.45) is 0 Å². The first-order chi connectivity index (χ1) is 9.17. The third kappa shape index (κ3) is 3.55. The molecule has 1 aromatic carbocycles. The normalized spacial score (nSPS) is 10.9. The van der Waals surface area contributed by atoms with Crippen LogP contribution in [0.25, 0.3) is 0 Å². The first-order valence-electron chi connectivity index (χ1n) is 5.79. The molecule has 7 heteroatoms. The fourth-order valence-electron chi connectivity index (χ4n) is 1.35. The van der Waals surface area contributed by atoms with Gasteiger partial charge in [-0.25, -0.2) is 9.59 Å². The van der Waals surface area contributed by atoms with Crippen LogP contribution in [0, 0.1) is 0 Å². The minimum Gasteiger partial charge on any atom is -0.478 e. The molecule has 0 aromatic heterocycles. The largest absolute Gasteiger partial charge is 0.478 e. The smallest absolute Gasteiger partial charge is 0.335 e. The zero-order valence-electron chi connectivity index (χ0n) is 11.4.